The van der Waals surface area contributed by atoms with Gasteiger partial charge in [-0.05, 0) is 37.5 Å². The first-order valence-corrected chi connectivity index (χ1v) is 8.21. The minimum Gasteiger partial charge on any atom is -0.388 e. The smallest absolute Gasteiger partial charge is 0.253 e. The van der Waals surface area contributed by atoms with E-state index in [9.17, 15) is 9.90 Å². The summed E-state index contributed by atoms with van der Waals surface area (Å²) in [7, 11) is 0. The zero-order chi connectivity index (χ0) is 16.3. The van der Waals surface area contributed by atoms with Gasteiger partial charge in [0.1, 0.15) is 0 Å². The molecule has 0 aromatic heterocycles. The Bertz CT molecular complexity index is 488. The number of hydrogen-bond donors (Lipinski definition) is 1. The van der Waals surface area contributed by atoms with Gasteiger partial charge in [0.2, 0.25) is 0 Å². The second-order valence-corrected chi connectivity index (χ2v) is 6.73. The molecule has 1 aromatic carbocycles. The summed E-state index contributed by atoms with van der Waals surface area (Å²) in [4.78, 5) is 16.9. The molecular weight excluding hydrogens is 276 g/mol. The molecule has 1 aromatic rings. The monoisotopic (exact) mass is 304 g/mol. The van der Waals surface area contributed by atoms with Gasteiger partial charge in [-0.3, -0.25) is 9.69 Å². The standard InChI is InChI=1S/C18H28N2O2/c1-13(2)17(21)15-5-7-16(8-6-15)18(22)20-11-9-19(10-12-20)14(3)4/h5-8,13-14,17,21H,9-12H2,1-4H3. The molecule has 4 heteroatoms. The second kappa shape index (κ2) is 7.25. The lowest BCUT2D eigenvalue weighted by Gasteiger charge is -2.37. The Morgan fingerprint density at radius 3 is 2.00 bits per heavy atom. The fraction of sp³-hybridized carbons (Fsp3) is 0.611. The fourth-order valence-corrected chi connectivity index (χ4v) is 2.83. The topological polar surface area (TPSA) is 43.8 Å². The third kappa shape index (κ3) is 3.87. The van der Waals surface area contributed by atoms with Crippen LogP contribution in [0.4, 0.5) is 0 Å². The Hall–Kier alpha value is -1.39. The van der Waals surface area contributed by atoms with Crippen molar-refractivity contribution >= 4 is 5.91 Å². The first-order valence-electron chi connectivity index (χ1n) is 8.21. The Balaban J connectivity index is 1.99. The van der Waals surface area contributed by atoms with Gasteiger partial charge in [0.05, 0.1) is 6.10 Å². The highest BCUT2D eigenvalue weighted by atomic mass is 16.3. The van der Waals surface area contributed by atoms with E-state index in [4.69, 9.17) is 0 Å². The van der Waals surface area contributed by atoms with E-state index < -0.39 is 6.10 Å². The molecule has 1 heterocycles. The molecule has 1 amide bonds. The number of aliphatic hydroxyl groups excluding tert-OH is 1. The van der Waals surface area contributed by atoms with E-state index in [1.54, 1.807) is 0 Å². The van der Waals surface area contributed by atoms with Gasteiger partial charge in [-0.25, -0.2) is 0 Å². The summed E-state index contributed by atoms with van der Waals surface area (Å²) >= 11 is 0. The number of benzene rings is 1. The number of amides is 1. The van der Waals surface area contributed by atoms with E-state index in [0.717, 1.165) is 31.7 Å². The van der Waals surface area contributed by atoms with E-state index in [1.165, 1.54) is 0 Å². The van der Waals surface area contributed by atoms with Crippen LogP contribution in [0.3, 0.4) is 0 Å². The van der Waals surface area contributed by atoms with E-state index in [1.807, 2.05) is 43.0 Å². The van der Waals surface area contributed by atoms with E-state index in [0.29, 0.717) is 11.6 Å². The van der Waals surface area contributed by atoms with Crippen molar-refractivity contribution in [2.45, 2.75) is 39.8 Å². The zero-order valence-corrected chi connectivity index (χ0v) is 14.1. The van der Waals surface area contributed by atoms with E-state index in [2.05, 4.69) is 18.7 Å². The molecule has 1 unspecified atom stereocenters. The van der Waals surface area contributed by atoms with Crippen LogP contribution < -0.4 is 0 Å². The van der Waals surface area contributed by atoms with Crippen molar-refractivity contribution in [1.29, 1.82) is 0 Å². The van der Waals surface area contributed by atoms with Crippen LogP contribution in [0.1, 0.15) is 49.7 Å². The van der Waals surface area contributed by atoms with Crippen molar-refractivity contribution < 1.29 is 9.90 Å². The van der Waals surface area contributed by atoms with Gasteiger partial charge in [0.15, 0.2) is 0 Å². The number of carbonyl (C=O) groups excluding carboxylic acids is 1. The van der Waals surface area contributed by atoms with Crippen molar-refractivity contribution in [3.63, 3.8) is 0 Å². The molecule has 22 heavy (non-hydrogen) atoms. The molecule has 0 spiro atoms. The molecule has 1 saturated heterocycles. The fourth-order valence-electron chi connectivity index (χ4n) is 2.83. The summed E-state index contributed by atoms with van der Waals surface area (Å²) in [6.07, 6.45) is -0.473. The average Bonchev–Trinajstić information content (AvgIpc) is 2.53. The van der Waals surface area contributed by atoms with E-state index >= 15 is 0 Å². The maximum atomic E-state index is 12.5. The SMILES string of the molecule is CC(C)C(O)c1ccc(C(=O)N2CCN(C(C)C)CC2)cc1. The summed E-state index contributed by atoms with van der Waals surface area (Å²) in [6, 6.07) is 7.93. The third-order valence-corrected chi connectivity index (χ3v) is 4.46. The van der Waals surface area contributed by atoms with Crippen molar-refractivity contribution in [1.82, 2.24) is 9.80 Å². The van der Waals surface area contributed by atoms with Crippen molar-refractivity contribution in [3.8, 4) is 0 Å². The molecule has 122 valence electrons. The lowest BCUT2D eigenvalue weighted by molar-refractivity contribution is 0.0595. The number of rotatable bonds is 4. The molecule has 0 aliphatic carbocycles. The summed E-state index contributed by atoms with van der Waals surface area (Å²) < 4.78 is 0. The highest BCUT2D eigenvalue weighted by molar-refractivity contribution is 5.94. The van der Waals surface area contributed by atoms with Crippen LogP contribution in [0.25, 0.3) is 0 Å². The number of aliphatic hydroxyl groups is 1. The minimum atomic E-state index is -0.473. The number of hydrogen-bond acceptors (Lipinski definition) is 3. The number of piperazine rings is 1. The largest absolute Gasteiger partial charge is 0.388 e. The van der Waals surface area contributed by atoms with Crippen LogP contribution in [0, 0.1) is 5.92 Å². The molecule has 0 bridgehead atoms. The maximum absolute atomic E-state index is 12.5. The van der Waals surface area contributed by atoms with Crippen molar-refractivity contribution in [3.05, 3.63) is 35.4 Å². The number of nitrogens with zero attached hydrogens (tertiary/aromatic N) is 2. The predicted molar refractivity (Wildman–Crippen MR) is 88.9 cm³/mol. The van der Waals surface area contributed by atoms with Gasteiger partial charge >= 0.3 is 0 Å². The van der Waals surface area contributed by atoms with E-state index in [-0.39, 0.29) is 11.8 Å². The lowest BCUT2D eigenvalue weighted by Crippen LogP contribution is -2.50. The van der Waals surface area contributed by atoms with Gasteiger partial charge < -0.3 is 10.0 Å². The molecule has 0 saturated carbocycles. The van der Waals surface area contributed by atoms with Crippen LogP contribution in [0.15, 0.2) is 24.3 Å². The van der Waals surface area contributed by atoms with Gasteiger partial charge in [0, 0.05) is 37.8 Å². The molecule has 4 nitrogen and oxygen atoms in total. The third-order valence-electron chi connectivity index (χ3n) is 4.46. The molecule has 1 atom stereocenters. The summed E-state index contributed by atoms with van der Waals surface area (Å²) in [5.74, 6) is 0.264. The maximum Gasteiger partial charge on any atom is 0.253 e. The average molecular weight is 304 g/mol. The van der Waals surface area contributed by atoms with Gasteiger partial charge in [-0.15, -0.1) is 0 Å². The van der Waals surface area contributed by atoms with Crippen LogP contribution in [-0.4, -0.2) is 53.0 Å². The minimum absolute atomic E-state index is 0.0917. The lowest BCUT2D eigenvalue weighted by atomic mass is 9.98. The molecule has 1 aliphatic rings. The molecule has 1 fully saturated rings. The van der Waals surface area contributed by atoms with Gasteiger partial charge in [-0.2, -0.15) is 0 Å². The van der Waals surface area contributed by atoms with Crippen molar-refractivity contribution in [2.75, 3.05) is 26.2 Å². The van der Waals surface area contributed by atoms with Gasteiger partial charge in [0.25, 0.3) is 5.91 Å². The molecule has 2 rings (SSSR count). The Labute approximate surface area is 133 Å². The normalized spacial score (nSPS) is 18.0. The Morgan fingerprint density at radius 1 is 1.00 bits per heavy atom. The van der Waals surface area contributed by atoms with Gasteiger partial charge in [-0.1, -0.05) is 26.0 Å². The Morgan fingerprint density at radius 2 is 1.55 bits per heavy atom. The van der Waals surface area contributed by atoms with Crippen molar-refractivity contribution in [2.24, 2.45) is 5.92 Å². The van der Waals surface area contributed by atoms with Crippen LogP contribution in [-0.2, 0) is 0 Å². The molecule has 1 aliphatic heterocycles. The summed E-state index contributed by atoms with van der Waals surface area (Å²) in [5.41, 5.74) is 1.58. The zero-order valence-electron chi connectivity index (χ0n) is 14.1. The first-order chi connectivity index (χ1) is 10.4. The Kier molecular flexibility index (Phi) is 5.59. The van der Waals surface area contributed by atoms with Crippen LogP contribution in [0.2, 0.25) is 0 Å². The number of carbonyl (C=O) groups is 1. The first kappa shape index (κ1) is 17.0. The summed E-state index contributed by atoms with van der Waals surface area (Å²) in [6.45, 7) is 11.8. The van der Waals surface area contributed by atoms with Crippen LogP contribution in [0.5, 0.6) is 0 Å². The predicted octanol–water partition coefficient (Wildman–Crippen LogP) is 2.54. The second-order valence-electron chi connectivity index (χ2n) is 6.73. The molecule has 1 N–H and O–H groups in total. The molecular formula is C18H28N2O2. The van der Waals surface area contributed by atoms with Crippen LogP contribution >= 0.6 is 0 Å². The molecule has 0 radical (unpaired) electrons. The highest BCUT2D eigenvalue weighted by Gasteiger charge is 2.23. The highest BCUT2D eigenvalue weighted by Crippen LogP contribution is 2.22. The quantitative estimate of drug-likeness (QED) is 0.929. The summed E-state index contributed by atoms with van der Waals surface area (Å²) in [5, 5.41) is 10.1.